The molecular formula is C11H22N2O. The summed E-state index contributed by atoms with van der Waals surface area (Å²) >= 11 is 0. The number of carbonyl (C=O) groups excluding carboxylic acids is 1. The van der Waals surface area contributed by atoms with Gasteiger partial charge >= 0.3 is 6.03 Å². The van der Waals surface area contributed by atoms with Crippen molar-refractivity contribution in [2.45, 2.75) is 39.5 Å². The number of rotatable bonds is 3. The van der Waals surface area contributed by atoms with E-state index in [0.29, 0.717) is 5.41 Å². The average Bonchev–Trinajstić information content (AvgIpc) is 2.61. The van der Waals surface area contributed by atoms with Gasteiger partial charge in [0.05, 0.1) is 0 Å². The van der Waals surface area contributed by atoms with Gasteiger partial charge in [0.1, 0.15) is 0 Å². The summed E-state index contributed by atoms with van der Waals surface area (Å²) in [6.45, 7) is 5.85. The molecule has 1 aliphatic carbocycles. The molecule has 1 aliphatic rings. The van der Waals surface area contributed by atoms with Crippen LogP contribution >= 0.6 is 0 Å². The second kappa shape index (κ2) is 4.67. The van der Waals surface area contributed by atoms with Gasteiger partial charge in [0.15, 0.2) is 0 Å². The summed E-state index contributed by atoms with van der Waals surface area (Å²) in [4.78, 5) is 13.2. The van der Waals surface area contributed by atoms with Gasteiger partial charge in [-0.3, -0.25) is 0 Å². The summed E-state index contributed by atoms with van der Waals surface area (Å²) in [5.74, 6) is 0. The predicted molar refractivity (Wildman–Crippen MR) is 58.3 cm³/mol. The first-order valence-corrected chi connectivity index (χ1v) is 5.56. The van der Waals surface area contributed by atoms with Crippen molar-refractivity contribution in [2.75, 3.05) is 20.1 Å². The lowest BCUT2D eigenvalue weighted by atomic mass is 9.89. The molecule has 0 aromatic carbocycles. The molecule has 3 heteroatoms. The number of carbonyl (C=O) groups is 1. The Morgan fingerprint density at radius 1 is 1.43 bits per heavy atom. The summed E-state index contributed by atoms with van der Waals surface area (Å²) in [5, 5.41) is 3.00. The van der Waals surface area contributed by atoms with Gasteiger partial charge in [-0.25, -0.2) is 4.79 Å². The maximum absolute atomic E-state index is 11.5. The molecule has 0 radical (unpaired) electrons. The molecule has 1 N–H and O–H groups in total. The van der Waals surface area contributed by atoms with Crippen LogP contribution in [0.3, 0.4) is 0 Å². The maximum Gasteiger partial charge on any atom is 0.317 e. The fraction of sp³-hybridized carbons (Fsp3) is 0.909. The van der Waals surface area contributed by atoms with E-state index in [2.05, 4.69) is 12.2 Å². The number of hydrogen-bond acceptors (Lipinski definition) is 1. The van der Waals surface area contributed by atoms with Gasteiger partial charge < -0.3 is 10.2 Å². The summed E-state index contributed by atoms with van der Waals surface area (Å²) in [7, 11) is 1.83. The molecule has 0 spiro atoms. The van der Waals surface area contributed by atoms with Crippen molar-refractivity contribution in [1.29, 1.82) is 0 Å². The molecule has 0 bridgehead atoms. The first-order chi connectivity index (χ1) is 6.57. The zero-order valence-electron chi connectivity index (χ0n) is 9.60. The Kier molecular flexibility index (Phi) is 3.78. The quantitative estimate of drug-likeness (QED) is 0.741. The fourth-order valence-electron chi connectivity index (χ4n) is 1.97. The van der Waals surface area contributed by atoms with E-state index in [-0.39, 0.29) is 6.03 Å². The van der Waals surface area contributed by atoms with E-state index < -0.39 is 0 Å². The molecule has 14 heavy (non-hydrogen) atoms. The molecule has 2 amide bonds. The third kappa shape index (κ3) is 2.89. The van der Waals surface area contributed by atoms with Gasteiger partial charge in [-0.1, -0.05) is 19.8 Å². The van der Waals surface area contributed by atoms with Gasteiger partial charge in [0.25, 0.3) is 0 Å². The molecule has 0 aliphatic heterocycles. The van der Waals surface area contributed by atoms with Crippen LogP contribution in [0.15, 0.2) is 0 Å². The molecular weight excluding hydrogens is 176 g/mol. The Labute approximate surface area is 86.9 Å². The molecule has 3 nitrogen and oxygen atoms in total. The van der Waals surface area contributed by atoms with E-state index in [1.165, 1.54) is 25.7 Å². The second-order valence-electron chi connectivity index (χ2n) is 4.69. The van der Waals surface area contributed by atoms with Crippen molar-refractivity contribution < 1.29 is 4.79 Å². The highest BCUT2D eigenvalue weighted by Gasteiger charge is 2.28. The van der Waals surface area contributed by atoms with E-state index in [1.54, 1.807) is 4.90 Å². The van der Waals surface area contributed by atoms with Gasteiger partial charge in [0, 0.05) is 20.1 Å². The number of nitrogens with one attached hydrogen (secondary N) is 1. The summed E-state index contributed by atoms with van der Waals surface area (Å²) < 4.78 is 0. The highest BCUT2D eigenvalue weighted by Crippen LogP contribution is 2.36. The number of hydrogen-bond donors (Lipinski definition) is 1. The first-order valence-electron chi connectivity index (χ1n) is 5.56. The van der Waals surface area contributed by atoms with Crippen molar-refractivity contribution >= 4 is 6.03 Å². The minimum absolute atomic E-state index is 0.0561. The zero-order chi connectivity index (χ0) is 10.6. The van der Waals surface area contributed by atoms with Crippen molar-refractivity contribution in [3.05, 3.63) is 0 Å². The van der Waals surface area contributed by atoms with Crippen LogP contribution in [0.4, 0.5) is 4.79 Å². The Balaban J connectivity index is 2.29. The molecule has 1 rings (SSSR count). The summed E-state index contributed by atoms with van der Waals surface area (Å²) in [5.41, 5.74) is 0.351. The molecule has 0 aromatic heterocycles. The number of nitrogens with zero attached hydrogens (tertiary/aromatic N) is 1. The molecule has 1 saturated carbocycles. The summed E-state index contributed by atoms with van der Waals surface area (Å²) in [6, 6.07) is 0.0561. The van der Waals surface area contributed by atoms with Crippen LogP contribution in [-0.4, -0.2) is 31.1 Å². The normalized spacial score (nSPS) is 19.4. The van der Waals surface area contributed by atoms with Gasteiger partial charge in [-0.05, 0) is 25.2 Å². The first kappa shape index (κ1) is 11.3. The van der Waals surface area contributed by atoms with E-state index in [4.69, 9.17) is 0 Å². The van der Waals surface area contributed by atoms with Crippen LogP contribution in [0.25, 0.3) is 0 Å². The molecule has 0 atom stereocenters. The smallest absolute Gasteiger partial charge is 0.317 e. The third-order valence-electron chi connectivity index (χ3n) is 3.30. The average molecular weight is 198 g/mol. The molecule has 1 fully saturated rings. The van der Waals surface area contributed by atoms with E-state index in [0.717, 1.165) is 13.1 Å². The largest absolute Gasteiger partial charge is 0.337 e. The standard InChI is InChI=1S/C11H22N2O/c1-4-13(3)10(14)12-9-11(2)7-5-6-8-11/h4-9H2,1-3H3,(H,12,14). The molecule has 0 aromatic rings. The molecule has 0 saturated heterocycles. The predicted octanol–water partition coefficient (Wildman–Crippen LogP) is 2.23. The van der Waals surface area contributed by atoms with Gasteiger partial charge in [-0.15, -0.1) is 0 Å². The van der Waals surface area contributed by atoms with E-state index in [1.807, 2.05) is 14.0 Å². The Morgan fingerprint density at radius 3 is 2.50 bits per heavy atom. The van der Waals surface area contributed by atoms with Crippen LogP contribution < -0.4 is 5.32 Å². The van der Waals surface area contributed by atoms with Crippen LogP contribution in [0.2, 0.25) is 0 Å². The second-order valence-corrected chi connectivity index (χ2v) is 4.69. The Bertz CT molecular complexity index is 197. The maximum atomic E-state index is 11.5. The Hall–Kier alpha value is -0.730. The van der Waals surface area contributed by atoms with Crippen LogP contribution in [0.5, 0.6) is 0 Å². The minimum Gasteiger partial charge on any atom is -0.337 e. The third-order valence-corrected chi connectivity index (χ3v) is 3.30. The zero-order valence-corrected chi connectivity index (χ0v) is 9.60. The van der Waals surface area contributed by atoms with Crippen molar-refractivity contribution in [1.82, 2.24) is 10.2 Å². The van der Waals surface area contributed by atoms with Crippen molar-refractivity contribution in [3.8, 4) is 0 Å². The summed E-state index contributed by atoms with van der Waals surface area (Å²) in [6.07, 6.45) is 5.14. The lowest BCUT2D eigenvalue weighted by molar-refractivity contribution is 0.203. The highest BCUT2D eigenvalue weighted by atomic mass is 16.2. The van der Waals surface area contributed by atoms with E-state index >= 15 is 0 Å². The van der Waals surface area contributed by atoms with Crippen LogP contribution in [0.1, 0.15) is 39.5 Å². The number of amides is 2. The van der Waals surface area contributed by atoms with Gasteiger partial charge in [-0.2, -0.15) is 0 Å². The minimum atomic E-state index is 0.0561. The SMILES string of the molecule is CCN(C)C(=O)NCC1(C)CCCC1. The van der Waals surface area contributed by atoms with E-state index in [9.17, 15) is 4.79 Å². The molecule has 0 unspecified atom stereocenters. The number of urea groups is 1. The Morgan fingerprint density at radius 2 is 2.00 bits per heavy atom. The van der Waals surface area contributed by atoms with Crippen molar-refractivity contribution in [2.24, 2.45) is 5.41 Å². The highest BCUT2D eigenvalue weighted by molar-refractivity contribution is 5.73. The van der Waals surface area contributed by atoms with Crippen LogP contribution in [0, 0.1) is 5.41 Å². The fourth-order valence-corrected chi connectivity index (χ4v) is 1.97. The van der Waals surface area contributed by atoms with Gasteiger partial charge in [0.2, 0.25) is 0 Å². The molecule has 82 valence electrons. The van der Waals surface area contributed by atoms with Crippen molar-refractivity contribution in [3.63, 3.8) is 0 Å². The lowest BCUT2D eigenvalue weighted by Gasteiger charge is -2.25. The molecule has 0 heterocycles. The topological polar surface area (TPSA) is 32.3 Å². The van der Waals surface area contributed by atoms with Crippen LogP contribution in [-0.2, 0) is 0 Å². The lowest BCUT2D eigenvalue weighted by Crippen LogP contribution is -2.41. The monoisotopic (exact) mass is 198 g/mol.